The van der Waals surface area contributed by atoms with Crippen LogP contribution in [0.3, 0.4) is 0 Å². The number of rotatable bonds is 5. The molecule has 0 unspecified atom stereocenters. The second kappa shape index (κ2) is 5.27. The van der Waals surface area contributed by atoms with Crippen molar-refractivity contribution in [1.29, 1.82) is 0 Å². The van der Waals surface area contributed by atoms with E-state index in [4.69, 9.17) is 5.11 Å². The van der Waals surface area contributed by atoms with Gasteiger partial charge in [-0.1, -0.05) is 0 Å². The van der Waals surface area contributed by atoms with Crippen LogP contribution in [0.2, 0.25) is 0 Å². The summed E-state index contributed by atoms with van der Waals surface area (Å²) in [6, 6.07) is 3.44. The molecule has 0 saturated carbocycles. The minimum absolute atomic E-state index is 0.196. The first-order chi connectivity index (χ1) is 7.84. The lowest BCUT2D eigenvalue weighted by Crippen LogP contribution is -2.19. The smallest absolute Gasteiger partial charge is 0.133 e. The second-order valence-electron chi connectivity index (χ2n) is 3.49. The van der Waals surface area contributed by atoms with E-state index in [1.54, 1.807) is 24.7 Å². The molecule has 0 bridgehead atoms. The van der Waals surface area contributed by atoms with Crippen molar-refractivity contribution in [2.45, 2.75) is 13.1 Å². The zero-order valence-corrected chi connectivity index (χ0v) is 8.87. The minimum Gasteiger partial charge on any atom is -0.506 e. The predicted octanol–water partition coefficient (Wildman–Crippen LogP) is 0.774. The van der Waals surface area contributed by atoms with Crippen molar-refractivity contribution in [2.75, 3.05) is 6.54 Å². The number of aromatic hydroxyl groups is 1. The predicted molar refractivity (Wildman–Crippen MR) is 59.8 cm³/mol. The Morgan fingerprint density at radius 2 is 2.31 bits per heavy atom. The van der Waals surface area contributed by atoms with E-state index in [9.17, 15) is 0 Å². The molecule has 16 heavy (non-hydrogen) atoms. The van der Waals surface area contributed by atoms with Gasteiger partial charge in [-0.2, -0.15) is 0 Å². The summed E-state index contributed by atoms with van der Waals surface area (Å²) in [5, 5.41) is 12.3. The molecule has 0 aromatic carbocycles. The van der Waals surface area contributed by atoms with E-state index in [2.05, 4.69) is 15.3 Å². The van der Waals surface area contributed by atoms with Gasteiger partial charge in [-0.05, 0) is 12.1 Å². The zero-order valence-electron chi connectivity index (χ0n) is 8.87. The van der Waals surface area contributed by atoms with Gasteiger partial charge in [0.15, 0.2) is 0 Å². The Labute approximate surface area is 93.8 Å². The van der Waals surface area contributed by atoms with E-state index in [0.717, 1.165) is 18.8 Å². The van der Waals surface area contributed by atoms with E-state index < -0.39 is 0 Å². The largest absolute Gasteiger partial charge is 0.506 e. The first-order valence-corrected chi connectivity index (χ1v) is 5.15. The molecule has 0 aliphatic carbocycles. The van der Waals surface area contributed by atoms with Crippen LogP contribution in [0.25, 0.3) is 0 Å². The van der Waals surface area contributed by atoms with E-state index in [-0.39, 0.29) is 5.75 Å². The van der Waals surface area contributed by atoms with Gasteiger partial charge < -0.3 is 15.0 Å². The molecule has 5 nitrogen and oxygen atoms in total. The summed E-state index contributed by atoms with van der Waals surface area (Å²) in [7, 11) is 0. The van der Waals surface area contributed by atoms with Gasteiger partial charge in [-0.25, -0.2) is 4.98 Å². The Hall–Kier alpha value is -1.88. The summed E-state index contributed by atoms with van der Waals surface area (Å²) in [6.07, 6.45) is 6.94. The quantitative estimate of drug-likeness (QED) is 0.728. The molecule has 84 valence electrons. The number of pyridine rings is 1. The van der Waals surface area contributed by atoms with Crippen molar-refractivity contribution in [3.8, 4) is 5.75 Å². The molecule has 2 rings (SSSR count). The Kier molecular flexibility index (Phi) is 3.50. The van der Waals surface area contributed by atoms with Crippen molar-refractivity contribution < 1.29 is 5.11 Å². The van der Waals surface area contributed by atoms with Crippen molar-refractivity contribution in [3.05, 3.63) is 42.7 Å². The van der Waals surface area contributed by atoms with E-state index in [0.29, 0.717) is 6.54 Å². The molecule has 0 amide bonds. The fraction of sp³-hybridized carbons (Fsp3) is 0.273. The van der Waals surface area contributed by atoms with Gasteiger partial charge in [0.2, 0.25) is 0 Å². The number of nitrogens with one attached hydrogen (secondary N) is 1. The van der Waals surface area contributed by atoms with Gasteiger partial charge in [-0.3, -0.25) is 4.98 Å². The number of hydrogen-bond acceptors (Lipinski definition) is 4. The van der Waals surface area contributed by atoms with Crippen LogP contribution in [0.5, 0.6) is 5.75 Å². The summed E-state index contributed by atoms with van der Waals surface area (Å²) >= 11 is 0. The van der Waals surface area contributed by atoms with Crippen molar-refractivity contribution in [2.24, 2.45) is 0 Å². The summed E-state index contributed by atoms with van der Waals surface area (Å²) in [6.45, 7) is 2.45. The third-order valence-electron chi connectivity index (χ3n) is 2.22. The first kappa shape index (κ1) is 10.6. The van der Waals surface area contributed by atoms with Gasteiger partial charge in [0.1, 0.15) is 5.75 Å². The molecule has 0 atom stereocenters. The summed E-state index contributed by atoms with van der Waals surface area (Å²) < 4.78 is 2.01. The highest BCUT2D eigenvalue weighted by Crippen LogP contribution is 2.05. The molecule has 0 radical (unpaired) electrons. The lowest BCUT2D eigenvalue weighted by atomic mass is 10.3. The van der Waals surface area contributed by atoms with Gasteiger partial charge in [0, 0.05) is 32.0 Å². The molecular formula is C11H14N4O. The molecule has 2 aromatic rings. The Morgan fingerprint density at radius 3 is 3.00 bits per heavy atom. The van der Waals surface area contributed by atoms with Crippen LogP contribution >= 0.6 is 0 Å². The monoisotopic (exact) mass is 218 g/mol. The maximum Gasteiger partial charge on any atom is 0.133 e. The molecule has 0 fully saturated rings. The van der Waals surface area contributed by atoms with Crippen LogP contribution < -0.4 is 5.32 Å². The van der Waals surface area contributed by atoms with Gasteiger partial charge in [-0.15, -0.1) is 0 Å². The van der Waals surface area contributed by atoms with Crippen LogP contribution in [-0.2, 0) is 13.1 Å². The molecule has 0 saturated heterocycles. The number of imidazole rings is 1. The standard InChI is InChI=1S/C11H14N4O/c16-11-2-1-10(14-8-11)7-12-3-5-15-6-4-13-9-15/h1-2,4,6,8-9,12,16H,3,5,7H2. The maximum atomic E-state index is 9.06. The SMILES string of the molecule is Oc1ccc(CNCCn2ccnc2)nc1. The van der Waals surface area contributed by atoms with Gasteiger partial charge in [0.05, 0.1) is 18.2 Å². The van der Waals surface area contributed by atoms with Crippen molar-refractivity contribution in [1.82, 2.24) is 19.9 Å². The van der Waals surface area contributed by atoms with Crippen LogP contribution in [0.4, 0.5) is 0 Å². The fourth-order valence-electron chi connectivity index (χ4n) is 1.36. The molecule has 0 aliphatic heterocycles. The van der Waals surface area contributed by atoms with Crippen molar-refractivity contribution in [3.63, 3.8) is 0 Å². The lowest BCUT2D eigenvalue weighted by molar-refractivity contribution is 0.471. The summed E-state index contributed by atoms with van der Waals surface area (Å²) in [5.41, 5.74) is 0.920. The molecule has 0 spiro atoms. The first-order valence-electron chi connectivity index (χ1n) is 5.15. The molecule has 2 heterocycles. The number of nitrogens with zero attached hydrogens (tertiary/aromatic N) is 3. The van der Waals surface area contributed by atoms with Crippen LogP contribution in [0, 0.1) is 0 Å². The molecule has 2 aromatic heterocycles. The van der Waals surface area contributed by atoms with E-state index in [1.165, 1.54) is 6.20 Å². The average Bonchev–Trinajstić information content (AvgIpc) is 2.80. The molecule has 2 N–H and O–H groups in total. The fourth-order valence-corrected chi connectivity index (χ4v) is 1.36. The highest BCUT2D eigenvalue weighted by atomic mass is 16.3. The molecular weight excluding hydrogens is 204 g/mol. The average molecular weight is 218 g/mol. The van der Waals surface area contributed by atoms with Crippen LogP contribution in [0.15, 0.2) is 37.1 Å². The Balaban J connectivity index is 1.70. The van der Waals surface area contributed by atoms with Gasteiger partial charge >= 0.3 is 0 Å². The summed E-state index contributed by atoms with van der Waals surface area (Å²) in [4.78, 5) is 8.05. The Bertz CT molecular complexity index is 410. The third-order valence-corrected chi connectivity index (χ3v) is 2.22. The van der Waals surface area contributed by atoms with Crippen molar-refractivity contribution >= 4 is 0 Å². The number of aromatic nitrogens is 3. The molecule has 0 aliphatic rings. The topological polar surface area (TPSA) is 63.0 Å². The van der Waals surface area contributed by atoms with Crippen LogP contribution in [-0.4, -0.2) is 26.2 Å². The lowest BCUT2D eigenvalue weighted by Gasteiger charge is -2.04. The third kappa shape index (κ3) is 3.06. The second-order valence-corrected chi connectivity index (χ2v) is 3.49. The van der Waals surface area contributed by atoms with Crippen LogP contribution in [0.1, 0.15) is 5.69 Å². The highest BCUT2D eigenvalue weighted by molar-refractivity contribution is 5.17. The summed E-state index contributed by atoms with van der Waals surface area (Å²) in [5.74, 6) is 0.196. The maximum absolute atomic E-state index is 9.06. The van der Waals surface area contributed by atoms with E-state index >= 15 is 0 Å². The Morgan fingerprint density at radius 1 is 1.38 bits per heavy atom. The number of hydrogen-bond donors (Lipinski definition) is 2. The minimum atomic E-state index is 0.196. The van der Waals surface area contributed by atoms with Gasteiger partial charge in [0.25, 0.3) is 0 Å². The highest BCUT2D eigenvalue weighted by Gasteiger charge is 1.94. The van der Waals surface area contributed by atoms with E-state index in [1.807, 2.05) is 10.8 Å². The normalized spacial score (nSPS) is 10.5. The molecule has 5 heteroatoms. The zero-order chi connectivity index (χ0) is 11.2.